The lowest BCUT2D eigenvalue weighted by Crippen LogP contribution is -2.43. The number of nitrogens with one attached hydrogen (secondary N) is 2. The molecule has 0 fully saturated rings. The van der Waals surface area contributed by atoms with Gasteiger partial charge in [0.1, 0.15) is 11.5 Å². The summed E-state index contributed by atoms with van der Waals surface area (Å²) in [6.45, 7) is 5.92. The van der Waals surface area contributed by atoms with Gasteiger partial charge in [0, 0.05) is 0 Å². The molecule has 0 aromatic heterocycles. The number of carbonyl (C=O) groups is 1. The van der Waals surface area contributed by atoms with Crippen LogP contribution in [0.15, 0.2) is 47.4 Å². The molecule has 0 heterocycles. The third-order valence-electron chi connectivity index (χ3n) is 3.62. The Bertz CT molecular complexity index is 864. The minimum atomic E-state index is -3.88. The highest BCUT2D eigenvalue weighted by atomic mass is 32.2. The number of aryl methyl sites for hydroxylation is 2. The van der Waals surface area contributed by atoms with Crippen LogP contribution in [-0.2, 0) is 14.8 Å². The van der Waals surface area contributed by atoms with Gasteiger partial charge < -0.3 is 9.47 Å². The number of amides is 1. The fourth-order valence-corrected chi connectivity index (χ4v) is 2.91. The third-order valence-corrected chi connectivity index (χ3v) is 4.88. The maximum absolute atomic E-state index is 12.2. The normalized spacial score (nSPS) is 11.0. The van der Waals surface area contributed by atoms with E-state index in [0.29, 0.717) is 18.1 Å². The van der Waals surface area contributed by atoms with Gasteiger partial charge in [0.2, 0.25) is 0 Å². The van der Waals surface area contributed by atoms with Gasteiger partial charge in [0.05, 0.1) is 11.5 Å². The largest absolute Gasteiger partial charge is 0.494 e. The molecule has 0 unspecified atom stereocenters. The van der Waals surface area contributed by atoms with Crippen LogP contribution in [0.3, 0.4) is 0 Å². The van der Waals surface area contributed by atoms with E-state index >= 15 is 0 Å². The predicted molar refractivity (Wildman–Crippen MR) is 97.5 cm³/mol. The molecule has 140 valence electrons. The highest BCUT2D eigenvalue weighted by Crippen LogP contribution is 2.17. The number of hydrogen-bond donors (Lipinski definition) is 2. The molecule has 8 heteroatoms. The number of hydrogen-bond acceptors (Lipinski definition) is 5. The Morgan fingerprint density at radius 3 is 2.23 bits per heavy atom. The van der Waals surface area contributed by atoms with Crippen molar-refractivity contribution < 1.29 is 22.7 Å². The summed E-state index contributed by atoms with van der Waals surface area (Å²) in [7, 11) is -3.88. The lowest BCUT2D eigenvalue weighted by atomic mass is 10.1. The Labute approximate surface area is 153 Å². The van der Waals surface area contributed by atoms with E-state index in [1.165, 1.54) is 12.1 Å². The van der Waals surface area contributed by atoms with E-state index in [4.69, 9.17) is 9.47 Å². The van der Waals surface area contributed by atoms with Crippen LogP contribution >= 0.6 is 0 Å². The van der Waals surface area contributed by atoms with Crippen LogP contribution in [0, 0.1) is 13.8 Å². The van der Waals surface area contributed by atoms with E-state index in [0.717, 1.165) is 11.1 Å². The fraction of sp³-hybridized carbons (Fsp3) is 0.278. The van der Waals surface area contributed by atoms with E-state index in [1.54, 1.807) is 18.2 Å². The highest BCUT2D eigenvalue weighted by molar-refractivity contribution is 7.89. The van der Waals surface area contributed by atoms with E-state index in [2.05, 4.69) is 5.43 Å². The summed E-state index contributed by atoms with van der Waals surface area (Å²) in [5, 5.41) is 0. The quantitative estimate of drug-likeness (QED) is 0.686. The van der Waals surface area contributed by atoms with Crippen LogP contribution in [0.4, 0.5) is 0 Å². The summed E-state index contributed by atoms with van der Waals surface area (Å²) in [5.41, 5.74) is 4.28. The molecule has 0 aliphatic heterocycles. The molecular formula is C18H22N2O5S. The molecule has 2 aromatic carbocycles. The first-order valence-corrected chi connectivity index (χ1v) is 9.53. The monoisotopic (exact) mass is 378 g/mol. The Morgan fingerprint density at radius 1 is 0.962 bits per heavy atom. The first kappa shape index (κ1) is 19.7. The van der Waals surface area contributed by atoms with Gasteiger partial charge in [-0.3, -0.25) is 10.2 Å². The molecule has 0 aliphatic carbocycles. The maximum atomic E-state index is 12.2. The smallest absolute Gasteiger partial charge is 0.272 e. The molecule has 0 saturated carbocycles. The minimum Gasteiger partial charge on any atom is -0.494 e. The summed E-state index contributed by atoms with van der Waals surface area (Å²) in [6, 6.07) is 11.3. The summed E-state index contributed by atoms with van der Waals surface area (Å²) in [5.74, 6) is 0.493. The van der Waals surface area contributed by atoms with E-state index in [1.807, 2.05) is 37.7 Å². The van der Waals surface area contributed by atoms with Crippen LogP contribution in [0.2, 0.25) is 0 Å². The second-order valence-electron chi connectivity index (χ2n) is 5.59. The summed E-state index contributed by atoms with van der Waals surface area (Å²) < 4.78 is 34.9. The van der Waals surface area contributed by atoms with Gasteiger partial charge in [0.25, 0.3) is 15.9 Å². The number of benzene rings is 2. The molecule has 2 rings (SSSR count). The number of carbonyl (C=O) groups excluding carboxylic acids is 1. The molecule has 0 atom stereocenters. The zero-order valence-corrected chi connectivity index (χ0v) is 15.7. The number of ether oxygens (including phenoxy) is 2. The Balaban J connectivity index is 1.87. The molecule has 0 radical (unpaired) electrons. The zero-order valence-electron chi connectivity index (χ0n) is 14.9. The SMILES string of the molecule is CCOc1ccc(S(=O)(=O)NNC(=O)COc2ccc(C)c(C)c2)cc1. The number of rotatable bonds is 8. The van der Waals surface area contributed by atoms with Crippen LogP contribution in [0.5, 0.6) is 11.5 Å². The third kappa shape index (κ3) is 5.47. The number of sulfonamides is 1. The molecule has 0 aliphatic rings. The summed E-state index contributed by atoms with van der Waals surface area (Å²) >= 11 is 0. The molecule has 7 nitrogen and oxygen atoms in total. The van der Waals surface area contributed by atoms with Gasteiger partial charge in [0.15, 0.2) is 6.61 Å². The second kappa shape index (κ2) is 8.68. The van der Waals surface area contributed by atoms with Crippen molar-refractivity contribution in [3.8, 4) is 11.5 Å². The van der Waals surface area contributed by atoms with Gasteiger partial charge in [-0.2, -0.15) is 0 Å². The topological polar surface area (TPSA) is 93.7 Å². The highest BCUT2D eigenvalue weighted by Gasteiger charge is 2.15. The van der Waals surface area contributed by atoms with E-state index in [-0.39, 0.29) is 11.5 Å². The Hall–Kier alpha value is -2.58. The molecule has 0 spiro atoms. The van der Waals surface area contributed by atoms with E-state index < -0.39 is 15.9 Å². The van der Waals surface area contributed by atoms with Crippen LogP contribution in [0.25, 0.3) is 0 Å². The first-order valence-electron chi connectivity index (χ1n) is 8.05. The summed E-state index contributed by atoms with van der Waals surface area (Å²) in [4.78, 5) is 13.8. The predicted octanol–water partition coefficient (Wildman–Crippen LogP) is 2.09. The van der Waals surface area contributed by atoms with Crippen molar-refractivity contribution in [3.05, 3.63) is 53.6 Å². The Kier molecular flexibility index (Phi) is 6.59. The van der Waals surface area contributed by atoms with Crippen molar-refractivity contribution in [2.45, 2.75) is 25.7 Å². The fourth-order valence-electron chi connectivity index (χ4n) is 2.05. The molecular weight excluding hydrogens is 356 g/mol. The Morgan fingerprint density at radius 2 is 1.62 bits per heavy atom. The number of hydrazine groups is 1. The molecule has 1 amide bonds. The molecule has 26 heavy (non-hydrogen) atoms. The second-order valence-corrected chi connectivity index (χ2v) is 7.28. The van der Waals surface area contributed by atoms with Crippen molar-refractivity contribution in [3.63, 3.8) is 0 Å². The van der Waals surface area contributed by atoms with Gasteiger partial charge in [-0.15, -0.1) is 4.83 Å². The van der Waals surface area contributed by atoms with Gasteiger partial charge in [-0.25, -0.2) is 8.42 Å². The van der Waals surface area contributed by atoms with Gasteiger partial charge >= 0.3 is 0 Å². The van der Waals surface area contributed by atoms with E-state index in [9.17, 15) is 13.2 Å². The van der Waals surface area contributed by atoms with Crippen molar-refractivity contribution in [1.29, 1.82) is 0 Å². The minimum absolute atomic E-state index is 0.0105. The average Bonchev–Trinajstić information content (AvgIpc) is 2.62. The lowest BCUT2D eigenvalue weighted by molar-refractivity contribution is -0.123. The van der Waals surface area contributed by atoms with Crippen molar-refractivity contribution in [2.24, 2.45) is 0 Å². The van der Waals surface area contributed by atoms with Crippen molar-refractivity contribution >= 4 is 15.9 Å². The van der Waals surface area contributed by atoms with Gasteiger partial charge in [-0.1, -0.05) is 6.07 Å². The van der Waals surface area contributed by atoms with Crippen LogP contribution in [-0.4, -0.2) is 27.5 Å². The van der Waals surface area contributed by atoms with Crippen molar-refractivity contribution in [2.75, 3.05) is 13.2 Å². The zero-order chi connectivity index (χ0) is 19.2. The average molecular weight is 378 g/mol. The molecule has 2 N–H and O–H groups in total. The maximum Gasteiger partial charge on any atom is 0.272 e. The molecule has 0 bridgehead atoms. The van der Waals surface area contributed by atoms with Gasteiger partial charge in [-0.05, 0) is 68.3 Å². The molecule has 2 aromatic rings. The van der Waals surface area contributed by atoms with Crippen LogP contribution in [0.1, 0.15) is 18.1 Å². The first-order chi connectivity index (χ1) is 12.3. The molecule has 0 saturated heterocycles. The standard InChI is InChI=1S/C18H22N2O5S/c1-4-24-15-7-9-17(10-8-15)26(22,23)20-19-18(21)12-25-16-6-5-13(2)14(3)11-16/h5-11,20H,4,12H2,1-3H3,(H,19,21). The van der Waals surface area contributed by atoms with Crippen molar-refractivity contribution in [1.82, 2.24) is 10.3 Å². The van der Waals surface area contributed by atoms with Crippen LogP contribution < -0.4 is 19.7 Å². The lowest BCUT2D eigenvalue weighted by Gasteiger charge is -2.11. The summed E-state index contributed by atoms with van der Waals surface area (Å²) in [6.07, 6.45) is 0.